The summed E-state index contributed by atoms with van der Waals surface area (Å²) in [5, 5.41) is 15.3. The molecule has 0 radical (unpaired) electrons. The fourth-order valence-corrected chi connectivity index (χ4v) is 3.13. The molecule has 138 valence electrons. The summed E-state index contributed by atoms with van der Waals surface area (Å²) in [7, 11) is 0. The second-order valence-corrected chi connectivity index (χ2v) is 6.55. The van der Waals surface area contributed by atoms with Crippen molar-refractivity contribution in [3.8, 4) is 11.6 Å². The summed E-state index contributed by atoms with van der Waals surface area (Å²) in [6, 6.07) is 28.6. The molecule has 0 aliphatic heterocycles. The Kier molecular flexibility index (Phi) is 4.97. The van der Waals surface area contributed by atoms with Crippen LogP contribution in [-0.2, 0) is 13.0 Å². The van der Waals surface area contributed by atoms with Gasteiger partial charge in [-0.2, -0.15) is 0 Å². The molecule has 4 rings (SSSR count). The third-order valence-corrected chi connectivity index (χ3v) is 4.56. The maximum absolute atomic E-state index is 13.1. The molecule has 0 unspecified atom stereocenters. The first-order valence-corrected chi connectivity index (χ1v) is 9.11. The highest BCUT2D eigenvalue weighted by Gasteiger charge is 2.24. The van der Waals surface area contributed by atoms with E-state index in [1.165, 1.54) is 9.36 Å². The maximum atomic E-state index is 13.1. The maximum Gasteiger partial charge on any atom is 0.370 e. The molecule has 3 aromatic carbocycles. The van der Waals surface area contributed by atoms with Crippen molar-refractivity contribution in [1.82, 2.24) is 9.90 Å². The van der Waals surface area contributed by atoms with Gasteiger partial charge < -0.3 is 5.11 Å². The highest BCUT2D eigenvalue weighted by molar-refractivity contribution is 5.33. The van der Waals surface area contributed by atoms with Crippen molar-refractivity contribution in [3.05, 3.63) is 118 Å². The normalized spacial score (nSPS) is 10.7. The number of aromatic nitrogens is 3. The van der Waals surface area contributed by atoms with Crippen LogP contribution in [0, 0.1) is 0 Å². The van der Waals surface area contributed by atoms with Crippen LogP contribution in [0.3, 0.4) is 0 Å². The van der Waals surface area contributed by atoms with Crippen molar-refractivity contribution in [3.63, 3.8) is 0 Å². The third-order valence-electron chi connectivity index (χ3n) is 4.56. The molecule has 0 bridgehead atoms. The zero-order valence-corrected chi connectivity index (χ0v) is 15.3. The van der Waals surface area contributed by atoms with Crippen LogP contribution >= 0.6 is 0 Å². The number of aromatic hydroxyl groups is 1. The average Bonchev–Trinajstić information content (AvgIpc) is 2.75. The van der Waals surface area contributed by atoms with Crippen LogP contribution in [0.25, 0.3) is 5.69 Å². The van der Waals surface area contributed by atoms with Gasteiger partial charge in [-0.25, -0.2) is 4.79 Å². The summed E-state index contributed by atoms with van der Waals surface area (Å²) in [4.78, 5) is 13.1. The highest BCUT2D eigenvalue weighted by atomic mass is 16.3. The quantitative estimate of drug-likeness (QED) is 0.550. The van der Waals surface area contributed by atoms with Crippen molar-refractivity contribution in [2.45, 2.75) is 13.0 Å². The Morgan fingerprint density at radius 1 is 0.786 bits per heavy atom. The van der Waals surface area contributed by atoms with E-state index in [1.54, 1.807) is 0 Å². The molecule has 0 aliphatic carbocycles. The summed E-state index contributed by atoms with van der Waals surface area (Å²) in [5.74, 6) is -0.107. The average molecular weight is 370 g/mol. The van der Waals surface area contributed by atoms with E-state index in [9.17, 15) is 9.90 Å². The third kappa shape index (κ3) is 3.69. The van der Waals surface area contributed by atoms with Gasteiger partial charge in [0, 0.05) is 6.42 Å². The predicted octanol–water partition coefficient (Wildman–Crippen LogP) is 2.86. The minimum atomic E-state index is -0.322. The Bertz CT molecular complexity index is 1130. The standard InChI is InChI=1S/C23H19N3O2/c27-22-21(16-18-10-4-1-5-11-18)23(28)26(20-14-8-3-9-15-20)24-25(22)17-19-12-6-2-7-13-19/h1-15H,16-17H2/p+1. The lowest BCUT2D eigenvalue weighted by Gasteiger charge is -2.08. The Morgan fingerprint density at radius 3 is 1.93 bits per heavy atom. The minimum absolute atomic E-state index is 0.107. The molecular weight excluding hydrogens is 350 g/mol. The number of benzene rings is 3. The van der Waals surface area contributed by atoms with Crippen LogP contribution in [-0.4, -0.2) is 15.0 Å². The molecule has 0 atom stereocenters. The number of para-hydroxylation sites is 1. The van der Waals surface area contributed by atoms with E-state index in [4.69, 9.17) is 0 Å². The van der Waals surface area contributed by atoms with Crippen LogP contribution in [0.4, 0.5) is 0 Å². The summed E-state index contributed by atoms with van der Waals surface area (Å²) < 4.78 is 2.82. The molecule has 0 saturated carbocycles. The zero-order chi connectivity index (χ0) is 19.3. The first kappa shape index (κ1) is 17.7. The molecule has 0 spiro atoms. The first-order chi connectivity index (χ1) is 13.7. The van der Waals surface area contributed by atoms with E-state index in [0.717, 1.165) is 11.1 Å². The highest BCUT2D eigenvalue weighted by Crippen LogP contribution is 2.14. The van der Waals surface area contributed by atoms with Crippen LogP contribution in [0.1, 0.15) is 16.7 Å². The number of hydrogen-bond donors (Lipinski definition) is 1. The lowest BCUT2D eigenvalue weighted by atomic mass is 10.1. The number of nitrogens with zero attached hydrogens (tertiary/aromatic N) is 3. The van der Waals surface area contributed by atoms with Gasteiger partial charge in [0.1, 0.15) is 17.3 Å². The van der Waals surface area contributed by atoms with Crippen molar-refractivity contribution in [2.75, 3.05) is 0 Å². The molecule has 28 heavy (non-hydrogen) atoms. The lowest BCUT2D eigenvalue weighted by molar-refractivity contribution is -0.758. The van der Waals surface area contributed by atoms with Gasteiger partial charge in [0.2, 0.25) is 0 Å². The number of hydrogen-bond acceptors (Lipinski definition) is 3. The molecule has 1 aromatic heterocycles. The molecule has 5 heteroatoms. The van der Waals surface area contributed by atoms with Gasteiger partial charge in [-0.3, -0.25) is 0 Å². The fraction of sp³-hybridized carbons (Fsp3) is 0.0870. The van der Waals surface area contributed by atoms with E-state index in [2.05, 4.69) is 5.21 Å². The molecule has 1 heterocycles. The van der Waals surface area contributed by atoms with E-state index < -0.39 is 0 Å². The smallest absolute Gasteiger partial charge is 0.370 e. The van der Waals surface area contributed by atoms with E-state index in [0.29, 0.717) is 24.2 Å². The molecule has 5 nitrogen and oxygen atoms in total. The fourth-order valence-electron chi connectivity index (χ4n) is 3.13. The first-order valence-electron chi connectivity index (χ1n) is 9.11. The van der Waals surface area contributed by atoms with Crippen molar-refractivity contribution >= 4 is 0 Å². The lowest BCUT2D eigenvalue weighted by Crippen LogP contribution is -2.47. The molecule has 0 amide bonds. The van der Waals surface area contributed by atoms with Crippen molar-refractivity contribution in [1.29, 1.82) is 0 Å². The van der Waals surface area contributed by atoms with Gasteiger partial charge >= 0.3 is 11.4 Å². The van der Waals surface area contributed by atoms with Crippen LogP contribution < -0.4 is 10.2 Å². The van der Waals surface area contributed by atoms with Gasteiger partial charge in [0.05, 0.1) is 0 Å². The molecule has 4 aromatic rings. The Hall–Kier alpha value is -3.73. The van der Waals surface area contributed by atoms with Crippen LogP contribution in [0.15, 0.2) is 95.8 Å². The second-order valence-electron chi connectivity index (χ2n) is 6.55. The molecule has 0 aliphatic rings. The Labute approximate surface area is 162 Å². The second kappa shape index (κ2) is 7.88. The molecular formula is C23H20N3O2+. The van der Waals surface area contributed by atoms with Crippen molar-refractivity contribution < 1.29 is 9.79 Å². The van der Waals surface area contributed by atoms with Gasteiger partial charge in [-0.1, -0.05) is 88.2 Å². The summed E-state index contributed by atoms with van der Waals surface area (Å²) in [6.45, 7) is 0.363. The molecule has 1 N–H and O–H groups in total. The summed E-state index contributed by atoms with van der Waals surface area (Å²) >= 11 is 0. The largest absolute Gasteiger partial charge is 0.476 e. The predicted molar refractivity (Wildman–Crippen MR) is 106 cm³/mol. The van der Waals surface area contributed by atoms with Gasteiger partial charge in [0.15, 0.2) is 5.69 Å². The zero-order valence-electron chi connectivity index (χ0n) is 15.3. The Morgan fingerprint density at radius 2 is 1.32 bits per heavy atom. The van der Waals surface area contributed by atoms with Gasteiger partial charge in [-0.15, -0.1) is 0 Å². The number of rotatable bonds is 5. The van der Waals surface area contributed by atoms with Crippen LogP contribution in [0.5, 0.6) is 5.88 Å². The van der Waals surface area contributed by atoms with E-state index in [1.807, 2.05) is 91.0 Å². The molecule has 0 fully saturated rings. The van der Waals surface area contributed by atoms with E-state index >= 15 is 0 Å². The Balaban J connectivity index is 1.86. The van der Waals surface area contributed by atoms with Crippen LogP contribution in [0.2, 0.25) is 0 Å². The summed E-state index contributed by atoms with van der Waals surface area (Å²) in [6.07, 6.45) is 0.329. The van der Waals surface area contributed by atoms with Gasteiger partial charge in [0.25, 0.3) is 0 Å². The minimum Gasteiger partial charge on any atom is -0.476 e. The monoisotopic (exact) mass is 370 g/mol. The molecule has 0 saturated heterocycles. The van der Waals surface area contributed by atoms with E-state index in [-0.39, 0.29) is 11.4 Å². The van der Waals surface area contributed by atoms with Gasteiger partial charge in [-0.05, 0) is 23.3 Å². The topological polar surface area (TPSA) is 59.0 Å². The van der Waals surface area contributed by atoms with Crippen molar-refractivity contribution in [2.24, 2.45) is 0 Å². The SMILES string of the molecule is O=c1c(Cc2ccccc2)c(O)[n+](Cc2ccccc2)nn1-c1ccccc1. The summed E-state index contributed by atoms with van der Waals surface area (Å²) in [5.41, 5.74) is 2.59.